The van der Waals surface area contributed by atoms with Gasteiger partial charge in [-0.1, -0.05) is 6.92 Å². The van der Waals surface area contributed by atoms with Crippen molar-refractivity contribution in [3.05, 3.63) is 29.6 Å². The molecule has 29 heavy (non-hydrogen) atoms. The first-order valence-electron chi connectivity index (χ1n) is 9.75. The van der Waals surface area contributed by atoms with Crippen LogP contribution in [0.5, 0.6) is 5.75 Å². The molecule has 1 saturated heterocycles. The van der Waals surface area contributed by atoms with Crippen molar-refractivity contribution in [2.45, 2.75) is 31.4 Å². The quantitative estimate of drug-likeness (QED) is 0.683. The van der Waals surface area contributed by atoms with Gasteiger partial charge < -0.3 is 10.1 Å². The Hall–Kier alpha value is -1.97. The number of carbonyl (C=O) groups is 1. The molecule has 7 nitrogen and oxygen atoms in total. The van der Waals surface area contributed by atoms with Gasteiger partial charge in [0, 0.05) is 10.9 Å². The monoisotopic (exact) mass is 437 g/mol. The van der Waals surface area contributed by atoms with Crippen LogP contribution in [0.1, 0.15) is 26.2 Å². The van der Waals surface area contributed by atoms with Crippen molar-refractivity contribution in [1.82, 2.24) is 9.88 Å². The number of methoxy groups -OCH3 is 1. The molecular weight excluding hydrogens is 410 g/mol. The SMILES string of the molecule is CCCS(=O)(=O)C1CCN(CC(=O)Nc2nc(-c3ccc(OC)cc3)cs2)CC1. The van der Waals surface area contributed by atoms with Gasteiger partial charge in [0.05, 0.1) is 30.4 Å². The van der Waals surface area contributed by atoms with Crippen LogP contribution in [0.25, 0.3) is 11.3 Å². The van der Waals surface area contributed by atoms with E-state index in [1.54, 1.807) is 7.11 Å². The summed E-state index contributed by atoms with van der Waals surface area (Å²) in [4.78, 5) is 18.9. The lowest BCUT2D eigenvalue weighted by Crippen LogP contribution is -2.43. The predicted molar refractivity (Wildman–Crippen MR) is 116 cm³/mol. The van der Waals surface area contributed by atoms with Crippen molar-refractivity contribution in [3.63, 3.8) is 0 Å². The molecule has 0 atom stereocenters. The molecule has 1 aliphatic heterocycles. The molecule has 0 unspecified atom stereocenters. The Bertz CT molecular complexity index is 917. The second-order valence-electron chi connectivity index (χ2n) is 7.16. The molecule has 2 heterocycles. The van der Waals surface area contributed by atoms with Crippen LogP contribution in [0.2, 0.25) is 0 Å². The van der Waals surface area contributed by atoms with E-state index in [-0.39, 0.29) is 23.5 Å². The molecule has 158 valence electrons. The fourth-order valence-corrected chi connectivity index (χ4v) is 6.03. The maximum absolute atomic E-state index is 12.4. The Kier molecular flexibility index (Phi) is 7.26. The number of carbonyl (C=O) groups excluding carboxylic acids is 1. The molecule has 1 aromatic carbocycles. The standard InChI is InChI=1S/C20H27N3O4S2/c1-3-12-29(25,26)17-8-10-23(11-9-17)13-19(24)22-20-21-18(14-28-20)15-4-6-16(27-2)7-5-15/h4-7,14,17H,3,8-13H2,1-2H3,(H,21,22,24). The van der Waals surface area contributed by atoms with Crippen molar-refractivity contribution >= 4 is 32.2 Å². The van der Waals surface area contributed by atoms with Gasteiger partial charge in [-0.2, -0.15) is 0 Å². The minimum Gasteiger partial charge on any atom is -0.497 e. The lowest BCUT2D eigenvalue weighted by atomic mass is 10.1. The summed E-state index contributed by atoms with van der Waals surface area (Å²) in [6.45, 7) is 3.37. The number of piperidine rings is 1. The number of ether oxygens (including phenoxy) is 1. The number of rotatable bonds is 8. The molecule has 3 rings (SSSR count). The van der Waals surface area contributed by atoms with Crippen LogP contribution in [-0.2, 0) is 14.6 Å². The summed E-state index contributed by atoms with van der Waals surface area (Å²) in [6, 6.07) is 7.60. The molecule has 1 amide bonds. The van der Waals surface area contributed by atoms with Crippen molar-refractivity contribution in [1.29, 1.82) is 0 Å². The average Bonchev–Trinajstić information content (AvgIpc) is 3.16. The first kappa shape index (κ1) is 21.7. The number of thiazole rings is 1. The molecule has 1 aromatic heterocycles. The number of sulfone groups is 1. The van der Waals surface area contributed by atoms with Crippen molar-refractivity contribution in [2.24, 2.45) is 0 Å². The van der Waals surface area contributed by atoms with Gasteiger partial charge in [0.15, 0.2) is 15.0 Å². The molecule has 0 radical (unpaired) electrons. The van der Waals surface area contributed by atoms with Gasteiger partial charge in [-0.25, -0.2) is 13.4 Å². The Morgan fingerprint density at radius 1 is 1.28 bits per heavy atom. The van der Waals surface area contributed by atoms with Crippen LogP contribution >= 0.6 is 11.3 Å². The van der Waals surface area contributed by atoms with E-state index in [0.29, 0.717) is 37.5 Å². The minimum absolute atomic E-state index is 0.129. The highest BCUT2D eigenvalue weighted by Crippen LogP contribution is 2.26. The van der Waals surface area contributed by atoms with Crippen LogP contribution in [0.4, 0.5) is 5.13 Å². The highest BCUT2D eigenvalue weighted by atomic mass is 32.2. The van der Waals surface area contributed by atoms with Crippen molar-refractivity contribution < 1.29 is 17.9 Å². The highest BCUT2D eigenvalue weighted by molar-refractivity contribution is 7.92. The fourth-order valence-electron chi connectivity index (χ4n) is 3.47. The molecule has 0 saturated carbocycles. The molecule has 1 N–H and O–H groups in total. The van der Waals surface area contributed by atoms with E-state index in [4.69, 9.17) is 4.74 Å². The second-order valence-corrected chi connectivity index (χ2v) is 10.4. The summed E-state index contributed by atoms with van der Waals surface area (Å²) in [5.41, 5.74) is 1.76. The lowest BCUT2D eigenvalue weighted by molar-refractivity contribution is -0.117. The zero-order valence-corrected chi connectivity index (χ0v) is 18.4. The summed E-state index contributed by atoms with van der Waals surface area (Å²) >= 11 is 1.38. The van der Waals surface area contributed by atoms with Gasteiger partial charge in [0.25, 0.3) is 0 Å². The number of hydrogen-bond acceptors (Lipinski definition) is 7. The Morgan fingerprint density at radius 3 is 2.59 bits per heavy atom. The average molecular weight is 438 g/mol. The van der Waals surface area contributed by atoms with Gasteiger partial charge >= 0.3 is 0 Å². The lowest BCUT2D eigenvalue weighted by Gasteiger charge is -2.31. The predicted octanol–water partition coefficient (Wildman–Crippen LogP) is 3.05. The van der Waals surface area contributed by atoms with Crippen LogP contribution in [0.3, 0.4) is 0 Å². The highest BCUT2D eigenvalue weighted by Gasteiger charge is 2.29. The minimum atomic E-state index is -3.01. The number of aromatic nitrogens is 1. The van der Waals surface area contributed by atoms with E-state index in [1.165, 1.54) is 11.3 Å². The third-order valence-electron chi connectivity index (χ3n) is 5.03. The fraction of sp³-hybridized carbons (Fsp3) is 0.500. The first-order valence-corrected chi connectivity index (χ1v) is 12.3. The third-order valence-corrected chi connectivity index (χ3v) is 8.26. The molecule has 1 aliphatic rings. The summed E-state index contributed by atoms with van der Waals surface area (Å²) in [5.74, 6) is 0.901. The van der Waals surface area contributed by atoms with Crippen LogP contribution in [0.15, 0.2) is 29.6 Å². The number of hydrogen-bond donors (Lipinski definition) is 1. The number of amides is 1. The molecule has 2 aromatic rings. The van der Waals surface area contributed by atoms with Crippen molar-refractivity contribution in [3.8, 4) is 17.0 Å². The summed E-state index contributed by atoms with van der Waals surface area (Å²) in [6.07, 6.45) is 1.83. The second kappa shape index (κ2) is 9.69. The molecule has 9 heteroatoms. The molecule has 0 spiro atoms. The van der Waals surface area contributed by atoms with Gasteiger partial charge in [-0.05, 0) is 56.6 Å². The number of anilines is 1. The largest absolute Gasteiger partial charge is 0.497 e. The summed E-state index contributed by atoms with van der Waals surface area (Å²) in [7, 11) is -1.38. The number of benzene rings is 1. The number of nitrogens with zero attached hydrogens (tertiary/aromatic N) is 2. The number of nitrogens with one attached hydrogen (secondary N) is 1. The van der Waals surface area contributed by atoms with Gasteiger partial charge in [0.1, 0.15) is 5.75 Å². The van der Waals surface area contributed by atoms with Gasteiger partial charge in [-0.15, -0.1) is 11.3 Å². The third kappa shape index (κ3) is 5.77. The maximum Gasteiger partial charge on any atom is 0.240 e. The van der Waals surface area contributed by atoms with E-state index >= 15 is 0 Å². The van der Waals surface area contributed by atoms with E-state index in [0.717, 1.165) is 17.0 Å². The molecular formula is C20H27N3O4S2. The van der Waals surface area contributed by atoms with Crippen molar-refractivity contribution in [2.75, 3.05) is 37.8 Å². The van der Waals surface area contributed by atoms with Gasteiger partial charge in [-0.3, -0.25) is 9.69 Å². The van der Waals surface area contributed by atoms with Crippen LogP contribution in [0, 0.1) is 0 Å². The smallest absolute Gasteiger partial charge is 0.240 e. The normalized spacial score (nSPS) is 15.9. The number of likely N-dealkylation sites (tertiary alicyclic amines) is 1. The van der Waals surface area contributed by atoms with Crippen LogP contribution < -0.4 is 10.1 Å². The Labute approximate surface area is 176 Å². The zero-order chi connectivity index (χ0) is 20.9. The first-order chi connectivity index (χ1) is 13.9. The van der Waals surface area contributed by atoms with Crippen LogP contribution in [-0.4, -0.2) is 62.0 Å². The summed E-state index contributed by atoms with van der Waals surface area (Å²) < 4.78 is 29.6. The molecule has 0 bridgehead atoms. The van der Waals surface area contributed by atoms with E-state index in [1.807, 2.05) is 41.5 Å². The topological polar surface area (TPSA) is 88.6 Å². The Balaban J connectivity index is 1.50. The maximum atomic E-state index is 12.4. The zero-order valence-electron chi connectivity index (χ0n) is 16.8. The van der Waals surface area contributed by atoms with E-state index in [2.05, 4.69) is 10.3 Å². The van der Waals surface area contributed by atoms with E-state index < -0.39 is 9.84 Å². The van der Waals surface area contributed by atoms with E-state index in [9.17, 15) is 13.2 Å². The molecule has 0 aliphatic carbocycles. The Morgan fingerprint density at radius 2 is 1.97 bits per heavy atom. The van der Waals surface area contributed by atoms with Gasteiger partial charge in [0.2, 0.25) is 5.91 Å². The summed E-state index contributed by atoms with van der Waals surface area (Å²) in [5, 5.41) is 5.04. The molecule has 1 fully saturated rings.